The van der Waals surface area contributed by atoms with Gasteiger partial charge in [-0.15, -0.1) is 5.10 Å². The Balaban J connectivity index is 2.35. The Bertz CT molecular complexity index is 806. The van der Waals surface area contributed by atoms with Crippen molar-refractivity contribution in [2.45, 2.75) is 13.8 Å². The van der Waals surface area contributed by atoms with Crippen LogP contribution in [0.3, 0.4) is 0 Å². The van der Waals surface area contributed by atoms with Gasteiger partial charge in [0.25, 0.3) is 5.56 Å². The third-order valence-electron chi connectivity index (χ3n) is 3.37. The molecule has 1 aliphatic rings. The number of amidine groups is 1. The molecule has 102 valence electrons. The van der Waals surface area contributed by atoms with E-state index >= 15 is 0 Å². The number of aromatic nitrogens is 1. The number of benzene rings is 1. The van der Waals surface area contributed by atoms with Crippen LogP contribution in [0.15, 0.2) is 40.2 Å². The Morgan fingerprint density at radius 1 is 1.25 bits per heavy atom. The lowest BCUT2D eigenvalue weighted by Crippen LogP contribution is -2.51. The van der Waals surface area contributed by atoms with Crippen molar-refractivity contribution >= 4 is 28.3 Å². The number of pyridine rings is 1. The summed E-state index contributed by atoms with van der Waals surface area (Å²) < 4.78 is 1.33. The van der Waals surface area contributed by atoms with Crippen LogP contribution >= 0.6 is 0 Å². The van der Waals surface area contributed by atoms with E-state index in [9.17, 15) is 9.59 Å². The standard InChI is InChI=1S/C14H14N4O2/c1-9-15-17-13(16(3)18(9)10(2)19)8-11-6-4-5-7-12(11)14(17)20/h4-8H,1-3H3. The van der Waals surface area contributed by atoms with Crippen molar-refractivity contribution in [3.63, 3.8) is 0 Å². The second-order valence-corrected chi connectivity index (χ2v) is 4.71. The molecular formula is C14H14N4O2. The molecule has 0 fully saturated rings. The second kappa shape index (κ2) is 4.19. The van der Waals surface area contributed by atoms with E-state index in [0.29, 0.717) is 17.0 Å². The van der Waals surface area contributed by atoms with E-state index in [-0.39, 0.29) is 11.5 Å². The highest BCUT2D eigenvalue weighted by Gasteiger charge is 2.26. The Morgan fingerprint density at radius 2 is 1.95 bits per heavy atom. The van der Waals surface area contributed by atoms with Crippen LogP contribution in [-0.4, -0.2) is 28.5 Å². The van der Waals surface area contributed by atoms with E-state index in [1.54, 1.807) is 25.0 Å². The Labute approximate surface area is 115 Å². The number of hydrazine groups is 1. The summed E-state index contributed by atoms with van der Waals surface area (Å²) in [6.07, 6.45) is 0. The van der Waals surface area contributed by atoms with Gasteiger partial charge in [0.1, 0.15) is 5.84 Å². The third kappa shape index (κ3) is 1.61. The van der Waals surface area contributed by atoms with Crippen molar-refractivity contribution in [2.24, 2.45) is 5.10 Å². The largest absolute Gasteiger partial charge is 0.280 e. The highest BCUT2D eigenvalue weighted by molar-refractivity contribution is 5.99. The molecule has 0 atom stereocenters. The quantitative estimate of drug-likeness (QED) is 0.727. The fourth-order valence-corrected chi connectivity index (χ4v) is 2.51. The zero-order chi connectivity index (χ0) is 14.4. The Hall–Kier alpha value is -2.63. The van der Waals surface area contributed by atoms with Crippen molar-refractivity contribution in [1.82, 2.24) is 9.69 Å². The predicted octanol–water partition coefficient (Wildman–Crippen LogP) is 1.40. The molecule has 1 aromatic heterocycles. The molecular weight excluding hydrogens is 256 g/mol. The van der Waals surface area contributed by atoms with Gasteiger partial charge >= 0.3 is 0 Å². The zero-order valence-corrected chi connectivity index (χ0v) is 11.5. The molecule has 2 aromatic rings. The van der Waals surface area contributed by atoms with E-state index in [4.69, 9.17) is 0 Å². The van der Waals surface area contributed by atoms with E-state index in [1.807, 2.05) is 24.3 Å². The lowest BCUT2D eigenvalue weighted by molar-refractivity contribution is -0.125. The smallest absolute Gasteiger partial charge is 0.273 e. The zero-order valence-electron chi connectivity index (χ0n) is 11.5. The third-order valence-corrected chi connectivity index (χ3v) is 3.37. The SMILES string of the molecule is CC(=O)N1C(C)=Nn2c(cc3ccccc3c2=O)N1C. The summed E-state index contributed by atoms with van der Waals surface area (Å²) in [5.41, 5.74) is -0.187. The first kappa shape index (κ1) is 12.4. The van der Waals surface area contributed by atoms with Crippen LogP contribution in [0.5, 0.6) is 0 Å². The summed E-state index contributed by atoms with van der Waals surface area (Å²) in [5.74, 6) is 0.875. The predicted molar refractivity (Wildman–Crippen MR) is 77.6 cm³/mol. The van der Waals surface area contributed by atoms with Gasteiger partial charge in [0, 0.05) is 19.4 Å². The molecule has 0 spiro atoms. The molecule has 0 saturated carbocycles. The van der Waals surface area contributed by atoms with Crippen molar-refractivity contribution < 1.29 is 4.79 Å². The Morgan fingerprint density at radius 3 is 2.65 bits per heavy atom. The average Bonchev–Trinajstić information content (AvgIpc) is 2.40. The minimum absolute atomic E-state index is 0.152. The van der Waals surface area contributed by atoms with Gasteiger partial charge in [-0.3, -0.25) is 14.6 Å². The number of rotatable bonds is 0. The van der Waals surface area contributed by atoms with Crippen molar-refractivity contribution in [1.29, 1.82) is 0 Å². The highest BCUT2D eigenvalue weighted by atomic mass is 16.2. The van der Waals surface area contributed by atoms with E-state index in [1.165, 1.54) is 16.6 Å². The number of hydrogen-bond acceptors (Lipinski definition) is 4. The van der Waals surface area contributed by atoms with Crippen molar-refractivity contribution in [3.05, 3.63) is 40.7 Å². The number of carbonyl (C=O) groups excluding carboxylic acids is 1. The molecule has 1 amide bonds. The maximum absolute atomic E-state index is 12.5. The van der Waals surface area contributed by atoms with Gasteiger partial charge in [0.2, 0.25) is 5.91 Å². The van der Waals surface area contributed by atoms with Gasteiger partial charge in [-0.05, 0) is 24.4 Å². The van der Waals surface area contributed by atoms with E-state index < -0.39 is 0 Å². The molecule has 6 nitrogen and oxygen atoms in total. The average molecular weight is 270 g/mol. The second-order valence-electron chi connectivity index (χ2n) is 4.71. The first-order valence-corrected chi connectivity index (χ1v) is 6.25. The number of carbonyl (C=O) groups is 1. The molecule has 1 aromatic carbocycles. The topological polar surface area (TPSA) is 57.9 Å². The van der Waals surface area contributed by atoms with Gasteiger partial charge in [-0.25, -0.2) is 5.01 Å². The fraction of sp³-hybridized carbons (Fsp3) is 0.214. The van der Waals surface area contributed by atoms with Crippen LogP contribution in [0.2, 0.25) is 0 Å². The molecule has 0 saturated heterocycles. The normalized spacial score (nSPS) is 14.2. The lowest BCUT2D eigenvalue weighted by Gasteiger charge is -2.36. The summed E-state index contributed by atoms with van der Waals surface area (Å²) in [7, 11) is 1.74. The molecule has 0 unspecified atom stereocenters. The summed E-state index contributed by atoms with van der Waals surface area (Å²) in [6, 6.07) is 9.19. The van der Waals surface area contributed by atoms with E-state index in [0.717, 1.165) is 5.39 Å². The first-order valence-electron chi connectivity index (χ1n) is 6.25. The molecule has 2 heterocycles. The highest BCUT2D eigenvalue weighted by Crippen LogP contribution is 2.23. The molecule has 0 radical (unpaired) electrons. The van der Waals surface area contributed by atoms with Gasteiger partial charge in [0.05, 0.1) is 0 Å². The number of anilines is 1. The number of nitrogens with zero attached hydrogens (tertiary/aromatic N) is 4. The Kier molecular flexibility index (Phi) is 2.60. The lowest BCUT2D eigenvalue weighted by atomic mass is 10.2. The maximum atomic E-state index is 12.5. The van der Waals surface area contributed by atoms with Crippen molar-refractivity contribution in [3.8, 4) is 0 Å². The van der Waals surface area contributed by atoms with Gasteiger partial charge in [-0.1, -0.05) is 18.2 Å². The monoisotopic (exact) mass is 270 g/mol. The summed E-state index contributed by atoms with van der Waals surface area (Å²) in [4.78, 5) is 24.2. The van der Waals surface area contributed by atoms with E-state index in [2.05, 4.69) is 5.10 Å². The van der Waals surface area contributed by atoms with Gasteiger partial charge in [-0.2, -0.15) is 4.68 Å². The van der Waals surface area contributed by atoms with Crippen LogP contribution in [0, 0.1) is 0 Å². The van der Waals surface area contributed by atoms with Crippen LogP contribution in [-0.2, 0) is 4.79 Å². The molecule has 20 heavy (non-hydrogen) atoms. The van der Waals surface area contributed by atoms with Crippen LogP contribution in [0.25, 0.3) is 10.8 Å². The maximum Gasteiger partial charge on any atom is 0.280 e. The first-order chi connectivity index (χ1) is 9.50. The minimum Gasteiger partial charge on any atom is -0.273 e. The molecule has 1 aliphatic heterocycles. The number of hydrogen-bond donors (Lipinski definition) is 0. The summed E-state index contributed by atoms with van der Waals surface area (Å²) in [5, 5.41) is 8.74. The summed E-state index contributed by atoms with van der Waals surface area (Å²) >= 11 is 0. The number of amides is 1. The van der Waals surface area contributed by atoms with Crippen LogP contribution in [0.1, 0.15) is 13.8 Å². The van der Waals surface area contributed by atoms with Crippen LogP contribution in [0.4, 0.5) is 5.82 Å². The van der Waals surface area contributed by atoms with Crippen LogP contribution < -0.4 is 10.6 Å². The summed E-state index contributed by atoms with van der Waals surface area (Å²) in [6.45, 7) is 3.16. The molecule has 3 rings (SSSR count). The molecule has 0 bridgehead atoms. The fourth-order valence-electron chi connectivity index (χ4n) is 2.51. The number of fused-ring (bicyclic) bond motifs is 2. The molecule has 0 aliphatic carbocycles. The van der Waals surface area contributed by atoms with Gasteiger partial charge in [0.15, 0.2) is 5.82 Å². The van der Waals surface area contributed by atoms with Crippen molar-refractivity contribution in [2.75, 3.05) is 12.1 Å². The minimum atomic E-state index is -0.187. The van der Waals surface area contributed by atoms with Gasteiger partial charge < -0.3 is 0 Å². The molecule has 0 N–H and O–H groups in total. The molecule has 6 heteroatoms.